The molecule has 0 radical (unpaired) electrons. The first kappa shape index (κ1) is 14.1. The number of hydrogen-bond acceptors (Lipinski definition) is 4. The van der Waals surface area contributed by atoms with Gasteiger partial charge >= 0.3 is 0 Å². The monoisotopic (exact) mass is 256 g/mol. The first-order valence-electron chi connectivity index (χ1n) is 5.76. The smallest absolute Gasteiger partial charge is 0.148 e. The summed E-state index contributed by atoms with van der Waals surface area (Å²) >= 11 is 0. The van der Waals surface area contributed by atoms with E-state index < -0.39 is 9.84 Å². The van der Waals surface area contributed by atoms with Crippen LogP contribution in [0.15, 0.2) is 18.3 Å². The fourth-order valence-electron chi connectivity index (χ4n) is 1.74. The van der Waals surface area contributed by atoms with Crippen LogP contribution in [-0.4, -0.2) is 31.5 Å². The van der Waals surface area contributed by atoms with Crippen molar-refractivity contribution in [3.63, 3.8) is 0 Å². The van der Waals surface area contributed by atoms with Crippen molar-refractivity contribution >= 4 is 9.84 Å². The minimum Gasteiger partial charge on any atom is -0.308 e. The fraction of sp³-hybridized carbons (Fsp3) is 0.583. The highest BCUT2D eigenvalue weighted by Crippen LogP contribution is 2.06. The van der Waals surface area contributed by atoms with E-state index in [0.717, 1.165) is 12.1 Å². The largest absolute Gasteiger partial charge is 0.308 e. The Labute approximate surface area is 103 Å². The van der Waals surface area contributed by atoms with Crippen LogP contribution in [-0.2, 0) is 22.8 Å². The standard InChI is InChI=1S/C12H20N2O2S/c1-4-11-6-5-7-13-12(11)8-14-10(2)9-17(3,15)16/h5-7,10,14H,4,8-9H2,1-3H3. The summed E-state index contributed by atoms with van der Waals surface area (Å²) in [5, 5.41) is 3.19. The molecule has 0 aliphatic rings. The van der Waals surface area contributed by atoms with Gasteiger partial charge in [-0.05, 0) is 25.0 Å². The van der Waals surface area contributed by atoms with Crippen LogP contribution >= 0.6 is 0 Å². The van der Waals surface area contributed by atoms with E-state index in [1.165, 1.54) is 11.8 Å². The number of aromatic nitrogens is 1. The molecule has 1 heterocycles. The number of hydrogen-bond donors (Lipinski definition) is 1. The number of aryl methyl sites for hydroxylation is 1. The van der Waals surface area contributed by atoms with Crippen molar-refractivity contribution in [3.05, 3.63) is 29.6 Å². The van der Waals surface area contributed by atoms with Gasteiger partial charge in [0.15, 0.2) is 0 Å². The van der Waals surface area contributed by atoms with Crippen LogP contribution in [0, 0.1) is 0 Å². The summed E-state index contributed by atoms with van der Waals surface area (Å²) in [6.07, 6.45) is 3.95. The van der Waals surface area contributed by atoms with Gasteiger partial charge in [-0.25, -0.2) is 8.42 Å². The molecule has 0 aliphatic carbocycles. The van der Waals surface area contributed by atoms with E-state index in [1.807, 2.05) is 19.1 Å². The van der Waals surface area contributed by atoms with E-state index in [4.69, 9.17) is 0 Å². The molecule has 1 rings (SSSR count). The third-order valence-electron chi connectivity index (χ3n) is 2.54. The van der Waals surface area contributed by atoms with E-state index in [2.05, 4.69) is 17.2 Å². The maximum Gasteiger partial charge on any atom is 0.148 e. The zero-order valence-corrected chi connectivity index (χ0v) is 11.4. The van der Waals surface area contributed by atoms with Crippen molar-refractivity contribution < 1.29 is 8.42 Å². The molecular weight excluding hydrogens is 236 g/mol. The summed E-state index contributed by atoms with van der Waals surface area (Å²) in [5.41, 5.74) is 2.20. The van der Waals surface area contributed by atoms with Crippen LogP contribution in [0.3, 0.4) is 0 Å². The van der Waals surface area contributed by atoms with Gasteiger partial charge in [-0.1, -0.05) is 13.0 Å². The quantitative estimate of drug-likeness (QED) is 0.830. The van der Waals surface area contributed by atoms with Gasteiger partial charge in [-0.3, -0.25) is 4.98 Å². The normalized spacial score (nSPS) is 13.6. The second kappa shape index (κ2) is 6.12. The highest BCUT2D eigenvalue weighted by molar-refractivity contribution is 7.90. The van der Waals surface area contributed by atoms with Gasteiger partial charge in [0.05, 0.1) is 11.4 Å². The molecule has 1 aromatic rings. The van der Waals surface area contributed by atoms with Crippen LogP contribution in [0.2, 0.25) is 0 Å². The third kappa shape index (κ3) is 5.28. The molecule has 96 valence electrons. The summed E-state index contributed by atoms with van der Waals surface area (Å²) in [7, 11) is -2.93. The van der Waals surface area contributed by atoms with Gasteiger partial charge in [-0.15, -0.1) is 0 Å². The van der Waals surface area contributed by atoms with Gasteiger partial charge in [0.1, 0.15) is 9.84 Å². The molecule has 1 N–H and O–H groups in total. The summed E-state index contributed by atoms with van der Waals surface area (Å²) in [6, 6.07) is 3.91. The summed E-state index contributed by atoms with van der Waals surface area (Å²) in [6.45, 7) is 4.57. The first-order valence-corrected chi connectivity index (χ1v) is 7.82. The lowest BCUT2D eigenvalue weighted by Gasteiger charge is -2.13. The van der Waals surface area contributed by atoms with Crippen LogP contribution < -0.4 is 5.32 Å². The van der Waals surface area contributed by atoms with Crippen LogP contribution in [0.1, 0.15) is 25.1 Å². The predicted molar refractivity (Wildman–Crippen MR) is 69.6 cm³/mol. The van der Waals surface area contributed by atoms with E-state index >= 15 is 0 Å². The molecule has 0 spiro atoms. The Bertz CT molecular complexity index is 457. The van der Waals surface area contributed by atoms with Gasteiger partial charge < -0.3 is 5.32 Å². The summed E-state index contributed by atoms with van der Waals surface area (Å²) in [5.74, 6) is 0.154. The maximum absolute atomic E-state index is 11.1. The number of sulfone groups is 1. The van der Waals surface area contributed by atoms with Gasteiger partial charge in [0, 0.05) is 25.0 Å². The molecule has 1 atom stereocenters. The molecule has 0 aromatic carbocycles. The van der Waals surface area contributed by atoms with Crippen molar-refractivity contribution in [1.82, 2.24) is 10.3 Å². The maximum atomic E-state index is 11.1. The molecule has 5 heteroatoms. The van der Waals surface area contributed by atoms with Gasteiger partial charge in [0.2, 0.25) is 0 Å². The summed E-state index contributed by atoms with van der Waals surface area (Å²) in [4.78, 5) is 4.31. The number of nitrogens with one attached hydrogen (secondary N) is 1. The van der Waals surface area contributed by atoms with Gasteiger partial charge in [0.25, 0.3) is 0 Å². The molecule has 0 fully saturated rings. The Kier molecular flexibility index (Phi) is 5.08. The Balaban J connectivity index is 2.55. The highest BCUT2D eigenvalue weighted by Gasteiger charge is 2.10. The molecule has 1 aromatic heterocycles. The lowest BCUT2D eigenvalue weighted by molar-refractivity contribution is 0.555. The first-order chi connectivity index (χ1) is 7.92. The Hall–Kier alpha value is -0.940. The van der Waals surface area contributed by atoms with Crippen LogP contribution in [0.25, 0.3) is 0 Å². The van der Waals surface area contributed by atoms with Crippen molar-refractivity contribution in [2.75, 3.05) is 12.0 Å². The second-order valence-electron chi connectivity index (χ2n) is 4.34. The molecule has 0 aliphatic heterocycles. The van der Waals surface area contributed by atoms with E-state index in [0.29, 0.717) is 6.54 Å². The van der Waals surface area contributed by atoms with Crippen LogP contribution in [0.4, 0.5) is 0 Å². The summed E-state index contributed by atoms with van der Waals surface area (Å²) < 4.78 is 22.2. The van der Waals surface area contributed by atoms with E-state index in [-0.39, 0.29) is 11.8 Å². The second-order valence-corrected chi connectivity index (χ2v) is 6.52. The third-order valence-corrected chi connectivity index (χ3v) is 3.64. The van der Waals surface area contributed by atoms with Crippen molar-refractivity contribution in [2.45, 2.75) is 32.9 Å². The Morgan fingerprint density at radius 2 is 2.18 bits per heavy atom. The molecule has 4 nitrogen and oxygen atoms in total. The highest BCUT2D eigenvalue weighted by atomic mass is 32.2. The number of rotatable bonds is 6. The molecule has 0 saturated carbocycles. The average Bonchev–Trinajstić information content (AvgIpc) is 2.24. The van der Waals surface area contributed by atoms with Crippen LogP contribution in [0.5, 0.6) is 0 Å². The minimum absolute atomic E-state index is 0.0586. The number of nitrogens with zero attached hydrogens (tertiary/aromatic N) is 1. The number of pyridine rings is 1. The molecule has 17 heavy (non-hydrogen) atoms. The zero-order chi connectivity index (χ0) is 12.9. The molecule has 1 unspecified atom stereocenters. The predicted octanol–water partition coefficient (Wildman–Crippen LogP) is 1.17. The Morgan fingerprint density at radius 3 is 2.76 bits per heavy atom. The van der Waals surface area contributed by atoms with Crippen molar-refractivity contribution in [1.29, 1.82) is 0 Å². The van der Waals surface area contributed by atoms with E-state index in [9.17, 15) is 8.42 Å². The Morgan fingerprint density at radius 1 is 1.47 bits per heavy atom. The fourth-order valence-corrected chi connectivity index (χ4v) is 2.76. The molecule has 0 amide bonds. The topological polar surface area (TPSA) is 59.1 Å². The minimum atomic E-state index is -2.93. The average molecular weight is 256 g/mol. The molecule has 0 saturated heterocycles. The van der Waals surface area contributed by atoms with E-state index in [1.54, 1.807) is 6.20 Å². The zero-order valence-electron chi connectivity index (χ0n) is 10.6. The molecule has 0 bridgehead atoms. The van der Waals surface area contributed by atoms with Crippen molar-refractivity contribution in [3.8, 4) is 0 Å². The lowest BCUT2D eigenvalue weighted by atomic mass is 10.1. The van der Waals surface area contributed by atoms with Crippen molar-refractivity contribution in [2.24, 2.45) is 0 Å². The molecular formula is C12H20N2O2S. The van der Waals surface area contributed by atoms with Gasteiger partial charge in [-0.2, -0.15) is 0 Å². The lowest BCUT2D eigenvalue weighted by Crippen LogP contribution is -2.32. The SMILES string of the molecule is CCc1cccnc1CNC(C)CS(C)(=O)=O.